The average Bonchev–Trinajstić information content (AvgIpc) is 2.49. The van der Waals surface area contributed by atoms with Gasteiger partial charge in [-0.3, -0.25) is 0 Å². The van der Waals surface area contributed by atoms with Crippen LogP contribution in [0, 0.1) is 0 Å². The molecule has 0 spiro atoms. The van der Waals surface area contributed by atoms with Gasteiger partial charge in [0, 0.05) is 11.8 Å². The van der Waals surface area contributed by atoms with Gasteiger partial charge in [-0.1, -0.05) is 29.8 Å². The summed E-state index contributed by atoms with van der Waals surface area (Å²) in [5.74, 6) is 1.38. The molecule has 0 aliphatic heterocycles. The highest BCUT2D eigenvalue weighted by molar-refractivity contribution is 6.29. The number of nitrogens with two attached hydrogens (primary N) is 1. The van der Waals surface area contributed by atoms with Crippen LogP contribution < -0.4 is 16.4 Å². The van der Waals surface area contributed by atoms with Crippen LogP contribution >= 0.6 is 11.6 Å². The van der Waals surface area contributed by atoms with Crippen LogP contribution in [0.3, 0.4) is 0 Å². The lowest BCUT2D eigenvalue weighted by atomic mass is 10.3. The van der Waals surface area contributed by atoms with E-state index in [1.54, 1.807) is 12.3 Å². The monoisotopic (exact) mass is 312 g/mol. The smallest absolute Gasteiger partial charge is 0.223 e. The molecular formula is C15H13ClN6. The molecule has 2 heterocycles. The van der Waals surface area contributed by atoms with E-state index in [9.17, 15) is 0 Å². The van der Waals surface area contributed by atoms with Crippen molar-refractivity contribution in [1.82, 2.24) is 15.0 Å². The summed E-state index contributed by atoms with van der Waals surface area (Å²) in [5.41, 5.74) is 7.30. The number of nitrogen functional groups attached to an aromatic ring is 1. The van der Waals surface area contributed by atoms with Crippen molar-refractivity contribution in [3.63, 3.8) is 0 Å². The molecule has 22 heavy (non-hydrogen) atoms. The van der Waals surface area contributed by atoms with Crippen molar-refractivity contribution in [2.45, 2.75) is 0 Å². The summed E-state index contributed by atoms with van der Waals surface area (Å²) in [6, 6.07) is 15.2. The maximum absolute atomic E-state index is 5.84. The van der Waals surface area contributed by atoms with E-state index in [1.807, 2.05) is 42.5 Å². The van der Waals surface area contributed by atoms with Gasteiger partial charge in [0.15, 0.2) is 0 Å². The fourth-order valence-corrected chi connectivity index (χ4v) is 2.05. The van der Waals surface area contributed by atoms with E-state index in [2.05, 4.69) is 25.6 Å². The lowest BCUT2D eigenvalue weighted by Crippen LogP contribution is -2.00. The highest BCUT2D eigenvalue weighted by atomic mass is 35.5. The van der Waals surface area contributed by atoms with Crippen molar-refractivity contribution in [1.29, 1.82) is 0 Å². The number of nitrogens with zero attached hydrogens (tertiary/aromatic N) is 3. The minimum Gasteiger partial charge on any atom is -0.368 e. The van der Waals surface area contributed by atoms with E-state index in [-0.39, 0.29) is 11.1 Å². The molecule has 4 N–H and O–H groups in total. The molecule has 3 rings (SSSR count). The topological polar surface area (TPSA) is 88.8 Å². The zero-order chi connectivity index (χ0) is 15.4. The zero-order valence-electron chi connectivity index (χ0n) is 11.5. The molecule has 0 bridgehead atoms. The second-order valence-electron chi connectivity index (χ2n) is 4.48. The second-order valence-corrected chi connectivity index (χ2v) is 4.87. The van der Waals surface area contributed by atoms with Crippen LogP contribution in [0.5, 0.6) is 0 Å². The highest BCUT2D eigenvalue weighted by Crippen LogP contribution is 2.20. The van der Waals surface area contributed by atoms with Crippen molar-refractivity contribution in [3.05, 3.63) is 59.9 Å². The van der Waals surface area contributed by atoms with Crippen LogP contribution in [-0.4, -0.2) is 15.0 Å². The predicted octanol–water partition coefficient (Wildman–Crippen LogP) is 3.59. The van der Waals surface area contributed by atoms with Crippen LogP contribution in [-0.2, 0) is 0 Å². The van der Waals surface area contributed by atoms with Gasteiger partial charge in [0.2, 0.25) is 5.95 Å². The molecule has 1 aromatic carbocycles. The summed E-state index contributed by atoms with van der Waals surface area (Å²) in [6.45, 7) is 0. The van der Waals surface area contributed by atoms with Gasteiger partial charge in [-0.25, -0.2) is 9.97 Å². The molecular weight excluding hydrogens is 300 g/mol. The molecule has 7 heteroatoms. The third-order valence-electron chi connectivity index (χ3n) is 2.79. The van der Waals surface area contributed by atoms with Crippen LogP contribution in [0.2, 0.25) is 5.15 Å². The number of hydrogen-bond donors (Lipinski definition) is 3. The number of para-hydroxylation sites is 1. The Morgan fingerprint density at radius 2 is 1.64 bits per heavy atom. The number of hydrogen-bond acceptors (Lipinski definition) is 6. The summed E-state index contributed by atoms with van der Waals surface area (Å²) < 4.78 is 0. The maximum Gasteiger partial charge on any atom is 0.223 e. The summed E-state index contributed by atoms with van der Waals surface area (Å²) >= 11 is 5.84. The molecule has 0 aliphatic carbocycles. The molecule has 0 saturated carbocycles. The van der Waals surface area contributed by atoms with Crippen molar-refractivity contribution in [2.24, 2.45) is 0 Å². The zero-order valence-corrected chi connectivity index (χ0v) is 12.2. The number of nitrogens with one attached hydrogen (secondary N) is 2. The summed E-state index contributed by atoms with van der Waals surface area (Å²) in [6.07, 6.45) is 1.69. The number of pyridine rings is 1. The lowest BCUT2D eigenvalue weighted by molar-refractivity contribution is 1.18. The van der Waals surface area contributed by atoms with E-state index in [1.165, 1.54) is 0 Å². The number of aromatic nitrogens is 3. The molecule has 0 unspecified atom stereocenters. The number of halogens is 1. The lowest BCUT2D eigenvalue weighted by Gasteiger charge is -2.08. The van der Waals surface area contributed by atoms with Gasteiger partial charge < -0.3 is 16.4 Å². The fourth-order valence-electron chi connectivity index (χ4n) is 1.86. The minimum absolute atomic E-state index is 0.116. The summed E-state index contributed by atoms with van der Waals surface area (Å²) in [4.78, 5) is 12.2. The Morgan fingerprint density at radius 3 is 2.32 bits per heavy atom. The van der Waals surface area contributed by atoms with E-state index < -0.39 is 0 Å². The third kappa shape index (κ3) is 3.62. The molecule has 6 nitrogen and oxygen atoms in total. The number of rotatable bonds is 4. The second kappa shape index (κ2) is 6.28. The molecule has 0 amide bonds. The Bertz CT molecular complexity index is 740. The normalized spacial score (nSPS) is 10.2. The molecule has 2 aromatic heterocycles. The van der Waals surface area contributed by atoms with Gasteiger partial charge in [-0.05, 0) is 24.3 Å². The Labute approximate surface area is 132 Å². The summed E-state index contributed by atoms with van der Waals surface area (Å²) in [5, 5.41) is 6.56. The predicted molar refractivity (Wildman–Crippen MR) is 88.7 cm³/mol. The van der Waals surface area contributed by atoms with Gasteiger partial charge in [0.1, 0.15) is 16.8 Å². The Kier molecular flexibility index (Phi) is 4.02. The van der Waals surface area contributed by atoms with Crippen molar-refractivity contribution < 1.29 is 0 Å². The molecule has 0 fully saturated rings. The van der Waals surface area contributed by atoms with Gasteiger partial charge in [-0.15, -0.1) is 0 Å². The van der Waals surface area contributed by atoms with Crippen LogP contribution in [0.15, 0.2) is 54.7 Å². The summed E-state index contributed by atoms with van der Waals surface area (Å²) in [7, 11) is 0. The van der Waals surface area contributed by atoms with E-state index in [0.717, 1.165) is 17.2 Å². The van der Waals surface area contributed by atoms with Gasteiger partial charge in [0.25, 0.3) is 0 Å². The SMILES string of the molecule is Nc1nc(Cl)cc(Nc2ccc(Nc3ccccc3)nc2)n1. The van der Waals surface area contributed by atoms with Crippen LogP contribution in [0.1, 0.15) is 0 Å². The van der Waals surface area contributed by atoms with Gasteiger partial charge >= 0.3 is 0 Å². The molecule has 0 aliphatic rings. The maximum atomic E-state index is 5.84. The number of benzene rings is 1. The van der Waals surface area contributed by atoms with E-state index in [0.29, 0.717) is 5.82 Å². The Morgan fingerprint density at radius 1 is 0.864 bits per heavy atom. The Balaban J connectivity index is 1.71. The first-order chi connectivity index (χ1) is 10.7. The highest BCUT2D eigenvalue weighted by Gasteiger charge is 2.02. The van der Waals surface area contributed by atoms with Crippen molar-refractivity contribution in [2.75, 3.05) is 16.4 Å². The molecule has 3 aromatic rings. The van der Waals surface area contributed by atoms with Crippen molar-refractivity contribution >= 4 is 40.6 Å². The van der Waals surface area contributed by atoms with Crippen LogP contribution in [0.25, 0.3) is 0 Å². The van der Waals surface area contributed by atoms with E-state index >= 15 is 0 Å². The first-order valence-electron chi connectivity index (χ1n) is 6.54. The fraction of sp³-hybridized carbons (Fsp3) is 0. The molecule has 0 atom stereocenters. The first-order valence-corrected chi connectivity index (χ1v) is 6.92. The largest absolute Gasteiger partial charge is 0.368 e. The molecule has 0 radical (unpaired) electrons. The van der Waals surface area contributed by atoms with Gasteiger partial charge in [-0.2, -0.15) is 4.98 Å². The first kappa shape index (κ1) is 14.1. The van der Waals surface area contributed by atoms with E-state index in [4.69, 9.17) is 17.3 Å². The number of anilines is 5. The molecule has 0 saturated heterocycles. The third-order valence-corrected chi connectivity index (χ3v) is 2.99. The van der Waals surface area contributed by atoms with Crippen LogP contribution in [0.4, 0.5) is 29.0 Å². The minimum atomic E-state index is 0.116. The standard InChI is InChI=1S/C15H13ClN6/c16-12-8-14(22-15(17)21-12)20-11-6-7-13(18-9-11)19-10-4-2-1-3-5-10/h1-9H,(H,18,19)(H3,17,20,21,22). The van der Waals surface area contributed by atoms with Crippen molar-refractivity contribution in [3.8, 4) is 0 Å². The Hall–Kier alpha value is -2.86. The quantitative estimate of drug-likeness (QED) is 0.638. The molecule has 110 valence electrons. The van der Waals surface area contributed by atoms with Gasteiger partial charge in [0.05, 0.1) is 11.9 Å². The average molecular weight is 313 g/mol.